The highest BCUT2D eigenvalue weighted by atomic mass is 15.1. The Kier molecular flexibility index (Phi) is 2.33. The van der Waals surface area contributed by atoms with E-state index < -0.39 is 0 Å². The maximum atomic E-state index is 3.55. The van der Waals surface area contributed by atoms with Gasteiger partial charge in [0.1, 0.15) is 0 Å². The molecule has 2 nitrogen and oxygen atoms in total. The van der Waals surface area contributed by atoms with E-state index in [1.54, 1.807) is 5.56 Å². The molecule has 1 aromatic rings. The van der Waals surface area contributed by atoms with Crippen LogP contribution in [-0.2, 0) is 5.41 Å². The Bertz CT molecular complexity index is 511. The first-order valence-corrected chi connectivity index (χ1v) is 8.40. The molecule has 2 heterocycles. The highest BCUT2D eigenvalue weighted by molar-refractivity contribution is 5.51. The van der Waals surface area contributed by atoms with E-state index in [1.807, 2.05) is 0 Å². The van der Waals surface area contributed by atoms with Crippen molar-refractivity contribution in [2.24, 2.45) is 17.8 Å². The van der Waals surface area contributed by atoms with Gasteiger partial charge in [0, 0.05) is 30.7 Å². The van der Waals surface area contributed by atoms with Gasteiger partial charge in [-0.2, -0.15) is 0 Å². The van der Waals surface area contributed by atoms with E-state index in [2.05, 4.69) is 34.5 Å². The van der Waals surface area contributed by atoms with Crippen molar-refractivity contribution in [2.75, 3.05) is 31.1 Å². The van der Waals surface area contributed by atoms with E-state index in [0.717, 1.165) is 17.8 Å². The molecule has 2 saturated heterocycles. The zero-order valence-corrected chi connectivity index (χ0v) is 12.1. The van der Waals surface area contributed by atoms with Crippen molar-refractivity contribution in [1.82, 2.24) is 5.32 Å². The summed E-state index contributed by atoms with van der Waals surface area (Å²) in [4.78, 5) is 2.64. The van der Waals surface area contributed by atoms with Crippen LogP contribution in [0.25, 0.3) is 0 Å². The normalized spacial score (nSPS) is 41.8. The Labute approximate surface area is 121 Å². The molecule has 0 spiro atoms. The lowest BCUT2D eigenvalue weighted by molar-refractivity contribution is 0.421. The number of nitrogens with one attached hydrogen (secondary N) is 1. The van der Waals surface area contributed by atoms with E-state index in [4.69, 9.17) is 0 Å². The summed E-state index contributed by atoms with van der Waals surface area (Å²) in [5, 5.41) is 3.55. The SMILES string of the molecule is c1cc(C23CNCC2C3)ccc1N1CC2CCC(C2)C1. The zero-order chi connectivity index (χ0) is 13.2. The van der Waals surface area contributed by atoms with Crippen LogP contribution in [-0.4, -0.2) is 26.2 Å². The molecule has 106 valence electrons. The van der Waals surface area contributed by atoms with Crippen molar-refractivity contribution in [3.8, 4) is 0 Å². The predicted molar refractivity (Wildman–Crippen MR) is 82.1 cm³/mol. The molecule has 0 radical (unpaired) electrons. The summed E-state index contributed by atoms with van der Waals surface area (Å²) in [6, 6.07) is 9.61. The minimum atomic E-state index is 0.513. The summed E-state index contributed by atoms with van der Waals surface area (Å²) in [5.74, 6) is 2.86. The molecule has 2 bridgehead atoms. The second kappa shape index (κ2) is 4.00. The third kappa shape index (κ3) is 1.60. The Hall–Kier alpha value is -1.02. The van der Waals surface area contributed by atoms with Crippen molar-refractivity contribution in [1.29, 1.82) is 0 Å². The molecule has 20 heavy (non-hydrogen) atoms. The smallest absolute Gasteiger partial charge is 0.0366 e. The van der Waals surface area contributed by atoms with E-state index >= 15 is 0 Å². The minimum Gasteiger partial charge on any atom is -0.371 e. The fourth-order valence-electron chi connectivity index (χ4n) is 5.21. The van der Waals surface area contributed by atoms with E-state index in [0.29, 0.717) is 5.41 Å². The van der Waals surface area contributed by atoms with Crippen LogP contribution in [0.1, 0.15) is 31.2 Å². The summed E-state index contributed by atoms with van der Waals surface area (Å²) in [7, 11) is 0. The molecule has 2 aliphatic carbocycles. The lowest BCUT2D eigenvalue weighted by atomic mass is 9.94. The molecule has 2 heteroatoms. The van der Waals surface area contributed by atoms with Crippen molar-refractivity contribution in [3.05, 3.63) is 29.8 Å². The van der Waals surface area contributed by atoms with Crippen molar-refractivity contribution >= 4 is 5.69 Å². The second-order valence-corrected chi connectivity index (χ2v) is 7.69. The first-order valence-electron chi connectivity index (χ1n) is 8.40. The van der Waals surface area contributed by atoms with Gasteiger partial charge in [-0.15, -0.1) is 0 Å². The van der Waals surface area contributed by atoms with Crippen molar-refractivity contribution < 1.29 is 0 Å². The molecule has 4 unspecified atom stereocenters. The Morgan fingerprint density at radius 1 is 1.05 bits per heavy atom. The van der Waals surface area contributed by atoms with Crippen LogP contribution in [0.2, 0.25) is 0 Å². The molecule has 5 rings (SSSR count). The number of rotatable bonds is 2. The van der Waals surface area contributed by atoms with Gasteiger partial charge in [0.25, 0.3) is 0 Å². The summed E-state index contributed by atoms with van der Waals surface area (Å²) in [6.07, 6.45) is 5.84. The lowest BCUT2D eigenvalue weighted by Gasteiger charge is -2.34. The van der Waals surface area contributed by atoms with Gasteiger partial charge in [-0.3, -0.25) is 0 Å². The largest absolute Gasteiger partial charge is 0.371 e. The summed E-state index contributed by atoms with van der Waals surface area (Å²) in [6.45, 7) is 5.03. The quantitative estimate of drug-likeness (QED) is 0.887. The van der Waals surface area contributed by atoms with Crippen molar-refractivity contribution in [3.63, 3.8) is 0 Å². The van der Waals surface area contributed by atoms with Crippen LogP contribution < -0.4 is 10.2 Å². The zero-order valence-electron chi connectivity index (χ0n) is 12.1. The van der Waals surface area contributed by atoms with Gasteiger partial charge in [-0.1, -0.05) is 12.1 Å². The number of anilines is 1. The Morgan fingerprint density at radius 2 is 1.80 bits per heavy atom. The number of hydrogen-bond acceptors (Lipinski definition) is 2. The maximum Gasteiger partial charge on any atom is 0.0366 e. The molecular formula is C18H24N2. The summed E-state index contributed by atoms with van der Waals surface area (Å²) >= 11 is 0. The van der Waals surface area contributed by atoms with Crippen LogP contribution in [0.5, 0.6) is 0 Å². The topological polar surface area (TPSA) is 15.3 Å². The van der Waals surface area contributed by atoms with Crippen LogP contribution in [0.15, 0.2) is 24.3 Å². The van der Waals surface area contributed by atoms with E-state index in [9.17, 15) is 0 Å². The lowest BCUT2D eigenvalue weighted by Crippen LogP contribution is -2.36. The predicted octanol–water partition coefficient (Wildman–Crippen LogP) is 2.78. The first kappa shape index (κ1) is 11.6. The Balaban J connectivity index is 1.38. The van der Waals surface area contributed by atoms with Crippen LogP contribution >= 0.6 is 0 Å². The fraction of sp³-hybridized carbons (Fsp3) is 0.667. The fourth-order valence-corrected chi connectivity index (χ4v) is 5.21. The molecule has 4 fully saturated rings. The molecule has 2 saturated carbocycles. The van der Waals surface area contributed by atoms with E-state index in [-0.39, 0.29) is 0 Å². The maximum absolute atomic E-state index is 3.55. The molecule has 1 N–H and O–H groups in total. The third-order valence-electron chi connectivity index (χ3n) is 6.48. The average Bonchev–Trinajstić information content (AvgIpc) is 2.88. The average molecular weight is 268 g/mol. The summed E-state index contributed by atoms with van der Waals surface area (Å²) < 4.78 is 0. The van der Waals surface area contributed by atoms with E-state index in [1.165, 1.54) is 57.5 Å². The number of hydrogen-bond donors (Lipinski definition) is 1. The van der Waals surface area contributed by atoms with Gasteiger partial charge in [0.05, 0.1) is 0 Å². The minimum absolute atomic E-state index is 0.513. The third-order valence-corrected chi connectivity index (χ3v) is 6.48. The highest BCUT2D eigenvalue weighted by Crippen LogP contribution is 2.56. The molecule has 2 aliphatic heterocycles. The molecule has 0 amide bonds. The standard InChI is InChI=1S/C18H24N2/c1-2-14-7-13(1)10-20(11-14)17-5-3-15(4-6-17)18-8-16(18)9-19-12-18/h3-6,13-14,16,19H,1-2,7-12H2. The molecule has 1 aromatic carbocycles. The van der Waals surface area contributed by atoms with Crippen LogP contribution in [0.4, 0.5) is 5.69 Å². The van der Waals surface area contributed by atoms with Gasteiger partial charge >= 0.3 is 0 Å². The molecule has 0 aromatic heterocycles. The van der Waals surface area contributed by atoms with Crippen LogP contribution in [0.3, 0.4) is 0 Å². The van der Waals surface area contributed by atoms with Gasteiger partial charge in [-0.25, -0.2) is 0 Å². The summed E-state index contributed by atoms with van der Waals surface area (Å²) in [5.41, 5.74) is 3.56. The monoisotopic (exact) mass is 268 g/mol. The highest BCUT2D eigenvalue weighted by Gasteiger charge is 2.57. The van der Waals surface area contributed by atoms with Gasteiger partial charge in [0.2, 0.25) is 0 Å². The Morgan fingerprint density at radius 3 is 2.40 bits per heavy atom. The number of benzene rings is 1. The molecule has 4 atom stereocenters. The number of piperidine rings is 2. The first-order chi connectivity index (χ1) is 9.83. The molecule has 4 aliphatic rings. The second-order valence-electron chi connectivity index (χ2n) is 7.69. The van der Waals surface area contributed by atoms with Gasteiger partial charge in [0.15, 0.2) is 0 Å². The van der Waals surface area contributed by atoms with Crippen LogP contribution in [0, 0.1) is 17.8 Å². The van der Waals surface area contributed by atoms with Crippen molar-refractivity contribution in [2.45, 2.75) is 31.1 Å². The van der Waals surface area contributed by atoms with Gasteiger partial charge in [-0.05, 0) is 67.7 Å². The number of fused-ring (bicyclic) bond motifs is 3. The number of nitrogens with zero attached hydrogens (tertiary/aromatic N) is 1. The molecular weight excluding hydrogens is 244 g/mol. The van der Waals surface area contributed by atoms with Gasteiger partial charge < -0.3 is 10.2 Å².